The van der Waals surface area contributed by atoms with Crippen LogP contribution in [0.5, 0.6) is 0 Å². The number of hydrogen-bond acceptors (Lipinski definition) is 7. The van der Waals surface area contributed by atoms with Gasteiger partial charge in [0.15, 0.2) is 5.82 Å². The minimum atomic E-state index is -3.30. The van der Waals surface area contributed by atoms with Gasteiger partial charge in [-0.3, -0.25) is 5.21 Å². The Morgan fingerprint density at radius 3 is 2.78 bits per heavy atom. The van der Waals surface area contributed by atoms with Crippen molar-refractivity contribution in [2.45, 2.75) is 38.1 Å². The number of hydrogen-bond donors (Lipinski definition) is 3. The van der Waals surface area contributed by atoms with E-state index in [1.807, 2.05) is 0 Å². The number of rotatable bonds is 8. The minimum absolute atomic E-state index is 0.00465. The Morgan fingerprint density at radius 2 is 2.07 bits per heavy atom. The lowest BCUT2D eigenvalue weighted by molar-refractivity contribution is -0.306. The number of anilines is 1. The van der Waals surface area contributed by atoms with E-state index in [0.717, 1.165) is 25.7 Å². The molecule has 150 valence electrons. The third-order valence-electron chi connectivity index (χ3n) is 4.37. The number of halogens is 2. The van der Waals surface area contributed by atoms with Crippen molar-refractivity contribution in [3.63, 3.8) is 0 Å². The van der Waals surface area contributed by atoms with Crippen LogP contribution in [0.25, 0.3) is 0 Å². The molecule has 0 atom stereocenters. The number of sulfonamides is 1. The maximum atomic E-state index is 13.3. The van der Waals surface area contributed by atoms with Crippen LogP contribution >= 0.6 is 15.9 Å². The fourth-order valence-corrected chi connectivity index (χ4v) is 4.76. The molecule has 2 aliphatic rings. The highest BCUT2D eigenvalue weighted by molar-refractivity contribution is 9.10. The highest BCUT2D eigenvalue weighted by Gasteiger charge is 2.24. The third-order valence-corrected chi connectivity index (χ3v) is 6.49. The summed E-state index contributed by atoms with van der Waals surface area (Å²) in [5.41, 5.74) is 0.502. The molecule has 0 amide bonds. The van der Waals surface area contributed by atoms with E-state index in [9.17, 15) is 18.0 Å². The molecule has 0 bridgehead atoms. The van der Waals surface area contributed by atoms with Gasteiger partial charge in [-0.25, -0.2) is 17.5 Å². The van der Waals surface area contributed by atoms with Crippen molar-refractivity contribution in [3.8, 4) is 0 Å². The van der Waals surface area contributed by atoms with Crippen LogP contribution in [0.2, 0.25) is 0 Å². The zero-order chi connectivity index (χ0) is 19.4. The lowest BCUT2D eigenvalue weighted by Gasteiger charge is -2.16. The molecule has 0 radical (unpaired) electrons. The van der Waals surface area contributed by atoms with Crippen molar-refractivity contribution < 1.29 is 23.0 Å². The van der Waals surface area contributed by atoms with Gasteiger partial charge in [0.05, 0.1) is 22.1 Å². The predicted octanol–water partition coefficient (Wildman–Crippen LogP) is 2.59. The molecule has 8 nitrogen and oxygen atoms in total. The first-order valence-corrected chi connectivity index (χ1v) is 11.2. The van der Waals surface area contributed by atoms with E-state index in [1.54, 1.807) is 0 Å². The molecule has 3 rings (SSSR count). The Balaban J connectivity index is 1.47. The van der Waals surface area contributed by atoms with Crippen LogP contribution < -0.4 is 15.1 Å². The van der Waals surface area contributed by atoms with E-state index in [4.69, 9.17) is 4.94 Å². The maximum absolute atomic E-state index is 13.3. The van der Waals surface area contributed by atoms with Gasteiger partial charge in [0.1, 0.15) is 5.82 Å². The Morgan fingerprint density at radius 1 is 1.33 bits per heavy atom. The van der Waals surface area contributed by atoms with Crippen molar-refractivity contribution in [3.05, 3.63) is 40.5 Å². The molecule has 0 spiro atoms. The molecule has 0 saturated heterocycles. The van der Waals surface area contributed by atoms with E-state index >= 15 is 0 Å². The molecule has 1 aliphatic carbocycles. The van der Waals surface area contributed by atoms with Gasteiger partial charge in [-0.15, -0.1) is 4.94 Å². The number of nitrogens with zero attached hydrogens (tertiary/aromatic N) is 2. The van der Waals surface area contributed by atoms with E-state index in [2.05, 4.69) is 26.0 Å². The van der Waals surface area contributed by atoms with Crippen molar-refractivity contribution in [1.29, 1.82) is 0 Å². The van der Waals surface area contributed by atoms with Crippen LogP contribution in [-0.4, -0.2) is 37.2 Å². The van der Waals surface area contributed by atoms with Crippen molar-refractivity contribution >= 4 is 31.6 Å². The van der Waals surface area contributed by atoms with Crippen molar-refractivity contribution in [2.24, 2.45) is 0 Å². The van der Waals surface area contributed by atoms with Gasteiger partial charge < -0.3 is 5.32 Å². The number of hydroxylamine groups is 3. The summed E-state index contributed by atoms with van der Waals surface area (Å²) in [7, 11) is -3.30. The first-order chi connectivity index (χ1) is 12.8. The fraction of sp³-hybridized carbons (Fsp3) is 0.500. The molecule has 0 aromatic heterocycles. The van der Waals surface area contributed by atoms with Gasteiger partial charge in [-0.2, -0.15) is 5.06 Å². The minimum Gasteiger partial charge on any atom is -0.366 e. The summed E-state index contributed by atoms with van der Waals surface area (Å²) < 4.78 is 40.4. The SMILES string of the molecule is O=S(=O)(CCCNC1=CN(c2ccc(F)c(Br)c2)ON1O)NC1CCCC1. The Labute approximate surface area is 166 Å². The first kappa shape index (κ1) is 20.3. The van der Waals surface area contributed by atoms with Crippen molar-refractivity contribution in [1.82, 2.24) is 15.3 Å². The predicted molar refractivity (Wildman–Crippen MR) is 101 cm³/mol. The zero-order valence-corrected chi connectivity index (χ0v) is 17.0. The average Bonchev–Trinajstić information content (AvgIpc) is 3.23. The lowest BCUT2D eigenvalue weighted by Crippen LogP contribution is -2.35. The Kier molecular flexibility index (Phi) is 6.58. The van der Waals surface area contributed by atoms with E-state index in [1.165, 1.54) is 29.5 Å². The molecule has 1 fully saturated rings. The molecular weight excluding hydrogens is 443 g/mol. The average molecular weight is 465 g/mol. The highest BCUT2D eigenvalue weighted by atomic mass is 79.9. The molecule has 1 heterocycles. The molecule has 3 N–H and O–H groups in total. The topological polar surface area (TPSA) is 94.1 Å². The van der Waals surface area contributed by atoms with Crippen molar-refractivity contribution in [2.75, 3.05) is 17.4 Å². The molecule has 1 aromatic carbocycles. The summed E-state index contributed by atoms with van der Waals surface area (Å²) >= 11 is 3.09. The van der Waals surface area contributed by atoms with Crippen LogP contribution in [0, 0.1) is 5.82 Å². The van der Waals surface area contributed by atoms with E-state index < -0.39 is 15.8 Å². The van der Waals surface area contributed by atoms with Gasteiger partial charge in [0.25, 0.3) is 0 Å². The second-order valence-corrected chi connectivity index (χ2v) is 9.22. The van der Waals surface area contributed by atoms with E-state index in [-0.39, 0.29) is 22.1 Å². The summed E-state index contributed by atoms with van der Waals surface area (Å²) in [5.74, 6) is -0.157. The molecular formula is C16H22BrFN4O4S. The zero-order valence-electron chi connectivity index (χ0n) is 14.6. The van der Waals surface area contributed by atoms with E-state index in [0.29, 0.717) is 23.9 Å². The van der Waals surface area contributed by atoms with Gasteiger partial charge in [-0.05, 0) is 53.4 Å². The Bertz CT molecular complexity index is 802. The summed E-state index contributed by atoms with van der Waals surface area (Å²) in [4.78, 5) is 5.13. The Hall–Kier alpha value is -1.40. The summed E-state index contributed by atoms with van der Waals surface area (Å²) in [5, 5.41) is 14.5. The standard InChI is InChI=1S/C16H22BrFN4O4S/c17-14-10-13(6-7-15(14)18)21-11-16(22(23)26-21)19-8-3-9-27(24,25)20-12-4-1-2-5-12/h6-7,10-12,19-20,23H,1-5,8-9H2. The first-order valence-electron chi connectivity index (χ1n) is 8.71. The molecule has 1 saturated carbocycles. The van der Waals surface area contributed by atoms with Crippen LogP contribution in [0.3, 0.4) is 0 Å². The van der Waals surface area contributed by atoms with Crippen LogP contribution in [0.15, 0.2) is 34.7 Å². The van der Waals surface area contributed by atoms with Gasteiger partial charge in [0, 0.05) is 12.6 Å². The van der Waals surface area contributed by atoms with Gasteiger partial charge in [0.2, 0.25) is 10.0 Å². The molecule has 11 heteroatoms. The molecule has 1 aromatic rings. The lowest BCUT2D eigenvalue weighted by atomic mass is 10.3. The maximum Gasteiger partial charge on any atom is 0.211 e. The third kappa shape index (κ3) is 5.55. The summed E-state index contributed by atoms with van der Waals surface area (Å²) in [6, 6.07) is 4.33. The highest BCUT2D eigenvalue weighted by Crippen LogP contribution is 2.27. The largest absolute Gasteiger partial charge is 0.366 e. The van der Waals surface area contributed by atoms with Gasteiger partial charge >= 0.3 is 0 Å². The molecule has 27 heavy (non-hydrogen) atoms. The van der Waals surface area contributed by atoms with Gasteiger partial charge in [-0.1, -0.05) is 18.1 Å². The normalized spacial score (nSPS) is 18.3. The summed E-state index contributed by atoms with van der Waals surface area (Å²) in [6.45, 7) is 0.332. The van der Waals surface area contributed by atoms with Crippen LogP contribution in [-0.2, 0) is 15.0 Å². The summed E-state index contributed by atoms with van der Waals surface area (Å²) in [6.07, 6.45) is 5.78. The fourth-order valence-electron chi connectivity index (χ4n) is 3.00. The van der Waals surface area contributed by atoms with Crippen LogP contribution in [0.1, 0.15) is 32.1 Å². The quantitative estimate of drug-likeness (QED) is 0.508. The smallest absolute Gasteiger partial charge is 0.211 e. The second-order valence-electron chi connectivity index (χ2n) is 6.49. The number of benzene rings is 1. The monoisotopic (exact) mass is 464 g/mol. The van der Waals surface area contributed by atoms with Crippen LogP contribution in [0.4, 0.5) is 10.1 Å². The second kappa shape index (κ2) is 8.74. The number of nitrogens with one attached hydrogen (secondary N) is 2. The molecule has 1 aliphatic heterocycles. The molecule has 0 unspecified atom stereocenters.